The number of rotatable bonds is 3. The van der Waals surface area contributed by atoms with Crippen LogP contribution in [-0.2, 0) is 14.4 Å². The van der Waals surface area contributed by atoms with Crippen molar-refractivity contribution < 1.29 is 18.8 Å². The topological polar surface area (TPSA) is 92.5 Å². The van der Waals surface area contributed by atoms with Gasteiger partial charge in [0.25, 0.3) is 5.91 Å². The zero-order chi connectivity index (χ0) is 17.8. The van der Waals surface area contributed by atoms with Crippen LogP contribution < -0.4 is 11.1 Å². The van der Waals surface area contributed by atoms with Gasteiger partial charge in [-0.25, -0.2) is 4.39 Å². The van der Waals surface area contributed by atoms with Crippen molar-refractivity contribution in [2.45, 2.75) is 64.6 Å². The van der Waals surface area contributed by atoms with Gasteiger partial charge in [0.05, 0.1) is 0 Å². The molecule has 2 aliphatic rings. The molecule has 7 heteroatoms. The summed E-state index contributed by atoms with van der Waals surface area (Å²) >= 11 is 0. The van der Waals surface area contributed by atoms with Crippen LogP contribution in [0.25, 0.3) is 0 Å². The Labute approximate surface area is 137 Å². The molecule has 0 aromatic carbocycles. The van der Waals surface area contributed by atoms with Gasteiger partial charge in [0, 0.05) is 20.0 Å². The normalized spacial score (nSPS) is 22.0. The van der Waals surface area contributed by atoms with Crippen LogP contribution in [0.4, 0.5) is 4.39 Å². The molecule has 0 aromatic rings. The molecule has 0 bridgehead atoms. The number of hydrogen-bond donors (Lipinski definition) is 2. The number of halogens is 1. The van der Waals surface area contributed by atoms with Crippen LogP contribution in [-0.4, -0.2) is 47.9 Å². The number of alkyl halides is 1. The molecule has 2 fully saturated rings. The summed E-state index contributed by atoms with van der Waals surface area (Å²) in [6, 6.07) is -0.250. The molecule has 1 aliphatic carbocycles. The standard InChI is InChI=1S/C12H22N2O2.C4H6FNO/c1-12(2,3)8-10(15)14-7-5-6-9(14)11(16)13-4;5-4(1-2-4)3(6)7/h9H,5-8H2,1-4H3,(H,13,16);1-2H2,(H2,6,7). The number of carbonyl (C=O) groups excluding carboxylic acids is 3. The Morgan fingerprint density at radius 2 is 1.87 bits per heavy atom. The highest BCUT2D eigenvalue weighted by atomic mass is 19.1. The summed E-state index contributed by atoms with van der Waals surface area (Å²) < 4.78 is 12.1. The molecule has 6 nitrogen and oxygen atoms in total. The Morgan fingerprint density at radius 3 is 2.22 bits per heavy atom. The lowest BCUT2D eigenvalue weighted by atomic mass is 9.91. The van der Waals surface area contributed by atoms with Crippen LogP contribution in [0.1, 0.15) is 52.9 Å². The van der Waals surface area contributed by atoms with E-state index in [0.717, 1.165) is 12.8 Å². The quantitative estimate of drug-likeness (QED) is 0.813. The molecule has 1 atom stereocenters. The van der Waals surface area contributed by atoms with Gasteiger partial charge in [-0.15, -0.1) is 0 Å². The highest BCUT2D eigenvalue weighted by molar-refractivity contribution is 5.88. The first kappa shape index (κ1) is 19.4. The molecular formula is C16H28FN3O3. The Hall–Kier alpha value is -1.66. The highest BCUT2D eigenvalue weighted by Crippen LogP contribution is 2.38. The third-order valence-corrected chi connectivity index (χ3v) is 3.93. The van der Waals surface area contributed by atoms with Crippen LogP contribution in [0, 0.1) is 5.41 Å². The first-order valence-electron chi connectivity index (χ1n) is 8.00. The van der Waals surface area contributed by atoms with E-state index in [4.69, 9.17) is 0 Å². The summed E-state index contributed by atoms with van der Waals surface area (Å²) in [5, 5.41) is 2.62. The minimum absolute atomic E-state index is 0.0209. The number of nitrogens with zero attached hydrogens (tertiary/aromatic N) is 1. The fourth-order valence-electron chi connectivity index (χ4n) is 2.42. The van der Waals surface area contributed by atoms with Crippen molar-refractivity contribution in [1.29, 1.82) is 0 Å². The van der Waals surface area contributed by atoms with E-state index in [2.05, 4.69) is 11.1 Å². The number of amides is 3. The molecule has 1 aliphatic heterocycles. The first-order chi connectivity index (χ1) is 10.5. The number of carbonyl (C=O) groups is 3. The average Bonchev–Trinajstić information content (AvgIpc) is 3.01. The maximum absolute atomic E-state index is 12.1. The summed E-state index contributed by atoms with van der Waals surface area (Å²) in [6.07, 6.45) is 2.86. The fourth-order valence-corrected chi connectivity index (χ4v) is 2.42. The molecule has 1 unspecified atom stereocenters. The number of nitrogens with two attached hydrogens (primary N) is 1. The molecule has 3 amide bonds. The summed E-state index contributed by atoms with van der Waals surface area (Å²) in [5.74, 6) is -0.758. The minimum Gasteiger partial charge on any atom is -0.367 e. The molecule has 2 rings (SSSR count). The van der Waals surface area contributed by atoms with Crippen molar-refractivity contribution in [2.75, 3.05) is 13.6 Å². The third kappa shape index (κ3) is 5.80. The molecular weight excluding hydrogens is 301 g/mol. The maximum atomic E-state index is 12.1. The predicted molar refractivity (Wildman–Crippen MR) is 85.1 cm³/mol. The van der Waals surface area contributed by atoms with Crippen LogP contribution in [0.15, 0.2) is 0 Å². The lowest BCUT2D eigenvalue weighted by Crippen LogP contribution is -2.45. The Bertz CT molecular complexity index is 470. The van der Waals surface area contributed by atoms with E-state index < -0.39 is 11.6 Å². The van der Waals surface area contributed by atoms with Gasteiger partial charge in [0.2, 0.25) is 11.8 Å². The molecule has 23 heavy (non-hydrogen) atoms. The van der Waals surface area contributed by atoms with Gasteiger partial charge < -0.3 is 16.0 Å². The zero-order valence-electron chi connectivity index (χ0n) is 14.4. The van der Waals surface area contributed by atoms with Crippen molar-refractivity contribution in [2.24, 2.45) is 11.1 Å². The lowest BCUT2D eigenvalue weighted by Gasteiger charge is -2.27. The Balaban J connectivity index is 0.000000313. The van der Waals surface area contributed by atoms with Crippen LogP contribution in [0.3, 0.4) is 0 Å². The molecule has 132 valence electrons. The molecule has 3 N–H and O–H groups in total. The Morgan fingerprint density at radius 1 is 1.30 bits per heavy atom. The zero-order valence-corrected chi connectivity index (χ0v) is 14.4. The smallest absolute Gasteiger partial charge is 0.255 e. The Kier molecular flexibility index (Phi) is 6.13. The monoisotopic (exact) mass is 329 g/mol. The number of nitrogens with one attached hydrogen (secondary N) is 1. The van der Waals surface area contributed by atoms with Gasteiger partial charge in [-0.1, -0.05) is 20.8 Å². The second-order valence-corrected chi connectivity index (χ2v) is 7.43. The number of hydrogen-bond acceptors (Lipinski definition) is 3. The number of likely N-dealkylation sites (N-methyl/N-ethyl adjacent to an activating group) is 1. The van der Waals surface area contributed by atoms with Crippen molar-refractivity contribution in [3.05, 3.63) is 0 Å². The van der Waals surface area contributed by atoms with Gasteiger partial charge in [-0.3, -0.25) is 14.4 Å². The maximum Gasteiger partial charge on any atom is 0.255 e. The molecule has 1 heterocycles. The van der Waals surface area contributed by atoms with Gasteiger partial charge in [-0.2, -0.15) is 0 Å². The molecule has 0 spiro atoms. The lowest BCUT2D eigenvalue weighted by molar-refractivity contribution is -0.139. The van der Waals surface area contributed by atoms with Crippen LogP contribution in [0.5, 0.6) is 0 Å². The van der Waals surface area contributed by atoms with Crippen molar-refractivity contribution in [3.63, 3.8) is 0 Å². The van der Waals surface area contributed by atoms with Gasteiger partial charge in [0.15, 0.2) is 5.67 Å². The average molecular weight is 329 g/mol. The second-order valence-electron chi connectivity index (χ2n) is 7.43. The molecule has 0 radical (unpaired) electrons. The summed E-state index contributed by atoms with van der Waals surface area (Å²) in [4.78, 5) is 35.3. The van der Waals surface area contributed by atoms with Gasteiger partial charge in [0.1, 0.15) is 6.04 Å². The van der Waals surface area contributed by atoms with Crippen molar-refractivity contribution >= 4 is 17.7 Å². The highest BCUT2D eigenvalue weighted by Gasteiger charge is 2.49. The van der Waals surface area contributed by atoms with E-state index in [1.165, 1.54) is 0 Å². The third-order valence-electron chi connectivity index (χ3n) is 3.93. The first-order valence-corrected chi connectivity index (χ1v) is 8.00. The van der Waals surface area contributed by atoms with Crippen LogP contribution >= 0.6 is 0 Å². The number of likely N-dealkylation sites (tertiary alicyclic amines) is 1. The van der Waals surface area contributed by atoms with Crippen LogP contribution in [0.2, 0.25) is 0 Å². The van der Waals surface area contributed by atoms with E-state index in [9.17, 15) is 18.8 Å². The van der Waals surface area contributed by atoms with E-state index in [-0.39, 0.29) is 23.3 Å². The molecule has 1 saturated heterocycles. The fraction of sp³-hybridized carbons (Fsp3) is 0.812. The van der Waals surface area contributed by atoms with E-state index in [0.29, 0.717) is 25.8 Å². The largest absolute Gasteiger partial charge is 0.367 e. The summed E-state index contributed by atoms with van der Waals surface area (Å²) in [5.41, 5.74) is 2.99. The molecule has 1 saturated carbocycles. The van der Waals surface area contributed by atoms with Crippen molar-refractivity contribution in [1.82, 2.24) is 10.2 Å². The summed E-state index contributed by atoms with van der Waals surface area (Å²) in [6.45, 7) is 6.83. The van der Waals surface area contributed by atoms with Gasteiger partial charge in [-0.05, 0) is 31.1 Å². The van der Waals surface area contributed by atoms with Crippen molar-refractivity contribution in [3.8, 4) is 0 Å². The van der Waals surface area contributed by atoms with Gasteiger partial charge >= 0.3 is 0 Å². The minimum atomic E-state index is -1.61. The van der Waals surface area contributed by atoms with E-state index in [1.807, 2.05) is 20.8 Å². The SMILES string of the molecule is CNC(=O)C1CCCN1C(=O)CC(C)(C)C.NC(=O)C1(F)CC1. The number of primary amides is 1. The van der Waals surface area contributed by atoms with E-state index >= 15 is 0 Å². The predicted octanol–water partition coefficient (Wildman–Crippen LogP) is 1.13. The van der Waals surface area contributed by atoms with E-state index in [1.54, 1.807) is 11.9 Å². The summed E-state index contributed by atoms with van der Waals surface area (Å²) in [7, 11) is 1.62. The second kappa shape index (κ2) is 7.27. The molecule has 0 aromatic heterocycles.